The van der Waals surface area contributed by atoms with Gasteiger partial charge < -0.3 is 9.05 Å². The molecule has 1 aliphatic rings. The van der Waals surface area contributed by atoms with Crippen molar-refractivity contribution in [3.8, 4) is 0 Å². The second kappa shape index (κ2) is 5.77. The molecule has 2 rings (SSSR count). The highest BCUT2D eigenvalue weighted by atomic mass is 32.2. The van der Waals surface area contributed by atoms with E-state index in [1.807, 2.05) is 0 Å². The summed E-state index contributed by atoms with van der Waals surface area (Å²) >= 11 is 5.26. The summed E-state index contributed by atoms with van der Waals surface area (Å²) in [6.45, 7) is 4.31. The standard InChI is InChI=1S/C8H11O4PS4/c1-3-11-13(10,12-4-2)8-16-5-6(17-8)15-7(9)14-5/h8H,3-4H2,1-2H3. The average molecular weight is 330 g/mol. The molecule has 1 aliphatic heterocycles. The molecule has 0 fully saturated rings. The third kappa shape index (κ3) is 3.00. The maximum atomic E-state index is 12.5. The first-order valence-corrected chi connectivity index (χ1v) is 9.95. The maximum absolute atomic E-state index is 12.5. The van der Waals surface area contributed by atoms with E-state index in [0.29, 0.717) is 13.2 Å². The van der Waals surface area contributed by atoms with Gasteiger partial charge in [0.15, 0.2) is 4.32 Å². The van der Waals surface area contributed by atoms with Crippen LogP contribution in [0.1, 0.15) is 13.8 Å². The van der Waals surface area contributed by atoms with E-state index in [4.69, 9.17) is 9.05 Å². The van der Waals surface area contributed by atoms with Crippen molar-refractivity contribution in [3.63, 3.8) is 0 Å². The van der Waals surface area contributed by atoms with Gasteiger partial charge in [-0.25, -0.2) is 0 Å². The summed E-state index contributed by atoms with van der Waals surface area (Å²) in [6.07, 6.45) is 0. The largest absolute Gasteiger partial charge is 0.354 e. The van der Waals surface area contributed by atoms with E-state index in [1.165, 1.54) is 46.2 Å². The molecule has 4 nitrogen and oxygen atoms in total. The molecular weight excluding hydrogens is 319 g/mol. The van der Waals surface area contributed by atoms with E-state index in [9.17, 15) is 9.36 Å². The SMILES string of the molecule is CCOP(=O)(OCC)C1Sc2sc(=O)sc2S1. The molecule has 0 aromatic carbocycles. The van der Waals surface area contributed by atoms with Gasteiger partial charge in [-0.05, 0) is 13.8 Å². The zero-order valence-electron chi connectivity index (χ0n) is 9.20. The fraction of sp³-hybridized carbons (Fsp3) is 0.625. The molecule has 0 unspecified atom stereocenters. The first kappa shape index (κ1) is 14.1. The molecule has 1 aromatic heterocycles. The molecule has 0 spiro atoms. The van der Waals surface area contributed by atoms with Crippen molar-refractivity contribution in [3.05, 3.63) is 8.85 Å². The number of fused-ring (bicyclic) bond motifs is 1. The predicted octanol–water partition coefficient (Wildman–Crippen LogP) is 3.92. The number of hydrogen-bond acceptors (Lipinski definition) is 8. The van der Waals surface area contributed by atoms with Gasteiger partial charge in [0.1, 0.15) is 0 Å². The Morgan fingerprint density at radius 3 is 2.00 bits per heavy atom. The summed E-state index contributed by atoms with van der Waals surface area (Å²) in [5, 5.41) is 0. The highest BCUT2D eigenvalue weighted by molar-refractivity contribution is 8.27. The van der Waals surface area contributed by atoms with Gasteiger partial charge in [-0.15, -0.1) is 0 Å². The molecule has 0 saturated heterocycles. The summed E-state index contributed by atoms with van der Waals surface area (Å²) < 4.78 is 24.8. The van der Waals surface area contributed by atoms with Crippen LogP contribution in [0.2, 0.25) is 0 Å². The van der Waals surface area contributed by atoms with Crippen LogP contribution in [-0.2, 0) is 13.6 Å². The van der Waals surface area contributed by atoms with Crippen LogP contribution in [0.15, 0.2) is 13.2 Å². The molecule has 0 bridgehead atoms. The Hall–Kier alpha value is 0.700. The summed E-state index contributed by atoms with van der Waals surface area (Å²) in [6, 6.07) is 0. The van der Waals surface area contributed by atoms with Crippen molar-refractivity contribution in [2.45, 2.75) is 26.6 Å². The molecule has 0 amide bonds. The van der Waals surface area contributed by atoms with Gasteiger partial charge >= 0.3 is 7.60 Å². The normalized spacial score (nSPS) is 16.4. The monoisotopic (exact) mass is 330 g/mol. The molecule has 0 radical (unpaired) electrons. The molecule has 96 valence electrons. The second-order valence-corrected chi connectivity index (χ2v) is 11.0. The van der Waals surface area contributed by atoms with Crippen molar-refractivity contribution in [1.29, 1.82) is 0 Å². The van der Waals surface area contributed by atoms with E-state index < -0.39 is 7.60 Å². The molecule has 0 saturated carbocycles. The van der Waals surface area contributed by atoms with Crippen LogP contribution in [-0.4, -0.2) is 17.5 Å². The Balaban J connectivity index is 2.17. The Kier molecular flexibility index (Phi) is 4.79. The Labute approximate surface area is 116 Å². The Bertz CT molecular complexity index is 459. The molecular formula is C8H11O4PS4. The van der Waals surface area contributed by atoms with Crippen LogP contribution in [0.4, 0.5) is 0 Å². The van der Waals surface area contributed by atoms with Crippen LogP contribution in [0.5, 0.6) is 0 Å². The average Bonchev–Trinajstić information content (AvgIpc) is 2.75. The lowest BCUT2D eigenvalue weighted by Crippen LogP contribution is -2.04. The molecule has 9 heteroatoms. The van der Waals surface area contributed by atoms with Gasteiger partial charge in [0.25, 0.3) is 4.06 Å². The zero-order chi connectivity index (χ0) is 12.5. The zero-order valence-corrected chi connectivity index (χ0v) is 13.4. The van der Waals surface area contributed by atoms with Gasteiger partial charge in [-0.3, -0.25) is 9.36 Å². The van der Waals surface area contributed by atoms with E-state index >= 15 is 0 Å². The summed E-state index contributed by atoms with van der Waals surface area (Å²) in [7, 11) is -3.09. The predicted molar refractivity (Wildman–Crippen MR) is 74.8 cm³/mol. The third-order valence-corrected chi connectivity index (χ3v) is 10.8. The third-order valence-electron chi connectivity index (χ3n) is 1.81. The van der Waals surface area contributed by atoms with Crippen LogP contribution in [0.3, 0.4) is 0 Å². The first-order chi connectivity index (χ1) is 8.09. The van der Waals surface area contributed by atoms with Gasteiger partial charge in [-0.2, -0.15) is 0 Å². The minimum Gasteiger partial charge on any atom is -0.307 e. The number of rotatable bonds is 5. The first-order valence-electron chi connectivity index (χ1n) is 4.95. The fourth-order valence-corrected chi connectivity index (χ4v) is 10.8. The summed E-state index contributed by atoms with van der Waals surface area (Å²) in [5.74, 6) is 0. The van der Waals surface area contributed by atoms with Gasteiger partial charge in [0.05, 0.1) is 21.6 Å². The Morgan fingerprint density at radius 1 is 1.12 bits per heavy atom. The molecule has 0 aliphatic carbocycles. The molecule has 17 heavy (non-hydrogen) atoms. The highest BCUT2D eigenvalue weighted by Crippen LogP contribution is 2.69. The van der Waals surface area contributed by atoms with Gasteiger partial charge in [0.2, 0.25) is 0 Å². The topological polar surface area (TPSA) is 52.6 Å². The minimum atomic E-state index is -3.09. The summed E-state index contributed by atoms with van der Waals surface area (Å²) in [5.41, 5.74) is 0. The van der Waals surface area contributed by atoms with Crippen molar-refractivity contribution in [2.75, 3.05) is 13.2 Å². The van der Waals surface area contributed by atoms with Crippen molar-refractivity contribution < 1.29 is 13.6 Å². The fourth-order valence-electron chi connectivity index (χ4n) is 1.26. The van der Waals surface area contributed by atoms with Crippen LogP contribution < -0.4 is 4.06 Å². The summed E-state index contributed by atoms with van der Waals surface area (Å²) in [4.78, 5) is 11.2. The quantitative estimate of drug-likeness (QED) is 0.763. The van der Waals surface area contributed by atoms with Gasteiger partial charge in [0, 0.05) is 0 Å². The maximum Gasteiger partial charge on any atom is 0.354 e. The van der Waals surface area contributed by atoms with Crippen LogP contribution >= 0.6 is 53.8 Å². The van der Waals surface area contributed by atoms with Crippen LogP contribution in [0.25, 0.3) is 0 Å². The molecule has 0 N–H and O–H groups in total. The highest BCUT2D eigenvalue weighted by Gasteiger charge is 2.43. The molecule has 2 heterocycles. The van der Waals surface area contributed by atoms with Crippen LogP contribution in [0, 0.1) is 0 Å². The smallest absolute Gasteiger partial charge is 0.307 e. The van der Waals surface area contributed by atoms with Crippen molar-refractivity contribution in [2.24, 2.45) is 0 Å². The van der Waals surface area contributed by atoms with E-state index in [2.05, 4.69) is 0 Å². The Morgan fingerprint density at radius 2 is 1.59 bits per heavy atom. The number of hydrogen-bond donors (Lipinski definition) is 0. The lowest BCUT2D eigenvalue weighted by atomic mass is 10.9. The van der Waals surface area contributed by atoms with E-state index in [-0.39, 0.29) is 8.38 Å². The molecule has 0 atom stereocenters. The second-order valence-electron chi connectivity index (χ2n) is 2.95. The minimum absolute atomic E-state index is 0.0797. The molecule has 1 aromatic rings. The number of thioether (sulfide) groups is 2. The van der Waals surface area contributed by atoms with Crippen molar-refractivity contribution in [1.82, 2.24) is 0 Å². The van der Waals surface area contributed by atoms with Crippen molar-refractivity contribution >= 4 is 53.8 Å². The lowest BCUT2D eigenvalue weighted by Gasteiger charge is -2.21. The van der Waals surface area contributed by atoms with E-state index in [1.54, 1.807) is 13.8 Å². The lowest BCUT2D eigenvalue weighted by molar-refractivity contribution is 0.222. The van der Waals surface area contributed by atoms with E-state index in [0.717, 1.165) is 8.42 Å². The van der Waals surface area contributed by atoms with Gasteiger partial charge in [-0.1, -0.05) is 46.2 Å².